The van der Waals surface area contributed by atoms with Crippen molar-refractivity contribution >= 4 is 41.5 Å². The number of aryl methyl sites for hydroxylation is 1. The largest absolute Gasteiger partial charge is 0.404 e. The molecule has 1 saturated carbocycles. The van der Waals surface area contributed by atoms with E-state index < -0.39 is 23.8 Å². The number of primary amides is 1. The maximum atomic E-state index is 12.9. The zero-order valence-electron chi connectivity index (χ0n) is 22.0. The Hall–Kier alpha value is -4.34. The highest BCUT2D eigenvalue weighted by Gasteiger charge is 2.42. The van der Waals surface area contributed by atoms with E-state index in [1.807, 2.05) is 31.3 Å². The summed E-state index contributed by atoms with van der Waals surface area (Å²) in [7, 11) is 0. The van der Waals surface area contributed by atoms with Crippen LogP contribution in [0.25, 0.3) is 5.57 Å². The molecule has 5 N–H and O–H groups in total. The van der Waals surface area contributed by atoms with Crippen LogP contribution in [0.5, 0.6) is 0 Å². The maximum absolute atomic E-state index is 12.9. The molecule has 39 heavy (non-hydrogen) atoms. The molecule has 1 aliphatic carbocycles. The summed E-state index contributed by atoms with van der Waals surface area (Å²) in [4.78, 5) is 58.4. The van der Waals surface area contributed by atoms with Gasteiger partial charge in [0.15, 0.2) is 0 Å². The van der Waals surface area contributed by atoms with Crippen LogP contribution in [0.3, 0.4) is 0 Å². The van der Waals surface area contributed by atoms with Gasteiger partial charge in [0.25, 0.3) is 11.8 Å². The van der Waals surface area contributed by atoms with Crippen LogP contribution in [-0.4, -0.2) is 58.7 Å². The molecule has 1 aromatic carbocycles. The smallest absolute Gasteiger partial charge is 0.262 e. The number of nitrogens with two attached hydrogens (primary N) is 2. The summed E-state index contributed by atoms with van der Waals surface area (Å²) in [6.45, 7) is 2.66. The number of anilines is 1. The fourth-order valence-corrected chi connectivity index (χ4v) is 5.04. The summed E-state index contributed by atoms with van der Waals surface area (Å²) < 4.78 is 0. The molecule has 0 bridgehead atoms. The van der Waals surface area contributed by atoms with Gasteiger partial charge in [0.05, 0.1) is 22.9 Å². The molecule has 1 fully saturated rings. The molecular formula is C29H34N6O4. The molecule has 204 valence electrons. The van der Waals surface area contributed by atoms with Crippen molar-refractivity contribution in [1.82, 2.24) is 9.88 Å². The average Bonchev–Trinajstić information content (AvgIpc) is 3.14. The van der Waals surface area contributed by atoms with Crippen molar-refractivity contribution in [3.05, 3.63) is 65.1 Å². The van der Waals surface area contributed by atoms with E-state index in [-0.39, 0.29) is 24.0 Å². The van der Waals surface area contributed by atoms with Crippen molar-refractivity contribution in [2.24, 2.45) is 22.4 Å². The number of rotatable bonds is 13. The quantitative estimate of drug-likeness (QED) is 0.155. The molecule has 10 nitrogen and oxygen atoms in total. The predicted octanol–water partition coefficient (Wildman–Crippen LogP) is 2.86. The number of hydrogen-bond acceptors (Lipinski definition) is 8. The van der Waals surface area contributed by atoms with E-state index in [1.54, 1.807) is 18.2 Å². The Labute approximate surface area is 227 Å². The lowest BCUT2D eigenvalue weighted by Crippen LogP contribution is -2.47. The predicted molar refractivity (Wildman–Crippen MR) is 149 cm³/mol. The van der Waals surface area contributed by atoms with Crippen LogP contribution < -0.4 is 16.8 Å². The lowest BCUT2D eigenvalue weighted by atomic mass is 9.78. The summed E-state index contributed by atoms with van der Waals surface area (Å²) in [5, 5.41) is 3.32. The molecule has 2 aliphatic rings. The van der Waals surface area contributed by atoms with Crippen LogP contribution >= 0.6 is 0 Å². The number of carbonyl (C=O) groups is 4. The molecule has 1 atom stereocenters. The first-order valence-electron chi connectivity index (χ1n) is 13.2. The Morgan fingerprint density at radius 3 is 2.67 bits per heavy atom. The minimum Gasteiger partial charge on any atom is -0.404 e. The number of aromatic nitrogens is 1. The number of aliphatic imine (C=N–C) groups is 1. The van der Waals surface area contributed by atoms with Crippen molar-refractivity contribution in [3.63, 3.8) is 0 Å². The summed E-state index contributed by atoms with van der Waals surface area (Å²) in [6.07, 6.45) is 8.11. The number of aldehydes is 1. The molecule has 10 heteroatoms. The van der Waals surface area contributed by atoms with Crippen LogP contribution in [0, 0.1) is 12.8 Å². The molecule has 1 aliphatic heterocycles. The number of allylic oxidation sites excluding steroid dienone is 1. The Kier molecular flexibility index (Phi) is 8.85. The van der Waals surface area contributed by atoms with Crippen molar-refractivity contribution in [2.75, 3.05) is 11.9 Å². The van der Waals surface area contributed by atoms with Crippen molar-refractivity contribution in [3.8, 4) is 0 Å². The minimum absolute atomic E-state index is 0.0115. The van der Waals surface area contributed by atoms with Crippen LogP contribution in [0.15, 0.2) is 47.6 Å². The molecule has 2 heterocycles. The van der Waals surface area contributed by atoms with E-state index in [0.717, 1.165) is 59.8 Å². The highest BCUT2D eigenvalue weighted by molar-refractivity contribution is 6.23. The van der Waals surface area contributed by atoms with E-state index in [4.69, 9.17) is 11.5 Å². The van der Waals surface area contributed by atoms with E-state index in [1.165, 1.54) is 6.20 Å². The first-order valence-corrected chi connectivity index (χ1v) is 13.2. The number of nitrogens with one attached hydrogen (secondary N) is 1. The number of benzene rings is 1. The standard InChI is InChI=1S/C29H34N6O4/c1-18-5-2-7-25(34-18)20(16-30)17-33-22-13-19(14-22)6-3-11-32-21-9-10-23-24(15-21)29(39)35(28(23)38)26(27(31)37)8-4-12-36/h2,5,7,9-10,12,15-17,19,22,26,32H,3-4,6,8,11,13-14,30H2,1H3,(H2,31,37). The van der Waals surface area contributed by atoms with Gasteiger partial charge in [-0.15, -0.1) is 0 Å². The monoisotopic (exact) mass is 530 g/mol. The van der Waals surface area contributed by atoms with Crippen molar-refractivity contribution in [1.29, 1.82) is 0 Å². The third-order valence-corrected chi connectivity index (χ3v) is 7.23. The van der Waals surface area contributed by atoms with Gasteiger partial charge >= 0.3 is 0 Å². The van der Waals surface area contributed by atoms with Gasteiger partial charge in [0.1, 0.15) is 12.3 Å². The maximum Gasteiger partial charge on any atom is 0.262 e. The molecular weight excluding hydrogens is 496 g/mol. The van der Waals surface area contributed by atoms with Crippen LogP contribution in [-0.2, 0) is 9.59 Å². The zero-order valence-corrected chi connectivity index (χ0v) is 22.0. The van der Waals surface area contributed by atoms with Crippen LogP contribution in [0.1, 0.15) is 70.6 Å². The molecule has 0 radical (unpaired) electrons. The van der Waals surface area contributed by atoms with Crippen molar-refractivity contribution in [2.45, 2.75) is 57.5 Å². The molecule has 1 unspecified atom stereocenters. The van der Waals surface area contributed by atoms with Gasteiger partial charge in [-0.05, 0) is 75.3 Å². The number of fused-ring (bicyclic) bond motifs is 1. The number of hydrogen-bond donors (Lipinski definition) is 3. The van der Waals surface area contributed by atoms with E-state index >= 15 is 0 Å². The first kappa shape index (κ1) is 27.7. The van der Waals surface area contributed by atoms with Gasteiger partial charge < -0.3 is 21.6 Å². The fraction of sp³-hybridized carbons (Fsp3) is 0.379. The lowest BCUT2D eigenvalue weighted by molar-refractivity contribution is -0.122. The van der Waals surface area contributed by atoms with Gasteiger partial charge in [-0.2, -0.15) is 0 Å². The topological polar surface area (TPSA) is 161 Å². The second-order valence-electron chi connectivity index (χ2n) is 10.0. The van der Waals surface area contributed by atoms with E-state index in [9.17, 15) is 19.2 Å². The van der Waals surface area contributed by atoms with Gasteiger partial charge in [0, 0.05) is 42.3 Å². The third kappa shape index (κ3) is 6.39. The Morgan fingerprint density at radius 1 is 1.21 bits per heavy atom. The van der Waals surface area contributed by atoms with Crippen molar-refractivity contribution < 1.29 is 19.2 Å². The summed E-state index contributed by atoms with van der Waals surface area (Å²) in [5.74, 6) is -1.34. The SMILES string of the molecule is Cc1cccc(C(C=NC2CC(CCCNc3ccc4c(c3)C(=O)N(C(CCC=O)C(N)=O)C4=O)C2)=CN)n1. The van der Waals surface area contributed by atoms with E-state index in [0.29, 0.717) is 18.2 Å². The fourth-order valence-electron chi connectivity index (χ4n) is 5.04. The Morgan fingerprint density at radius 2 is 1.97 bits per heavy atom. The van der Waals surface area contributed by atoms with Gasteiger partial charge in [-0.3, -0.25) is 29.3 Å². The highest BCUT2D eigenvalue weighted by Crippen LogP contribution is 2.34. The summed E-state index contributed by atoms with van der Waals surface area (Å²) >= 11 is 0. The third-order valence-electron chi connectivity index (χ3n) is 7.23. The van der Waals surface area contributed by atoms with Gasteiger partial charge in [-0.25, -0.2) is 0 Å². The van der Waals surface area contributed by atoms with Crippen LogP contribution in [0.2, 0.25) is 0 Å². The summed E-state index contributed by atoms with van der Waals surface area (Å²) in [5.41, 5.74) is 14.9. The number of imide groups is 1. The van der Waals surface area contributed by atoms with E-state index in [2.05, 4.69) is 15.3 Å². The highest BCUT2D eigenvalue weighted by atomic mass is 16.2. The average molecular weight is 531 g/mol. The molecule has 0 spiro atoms. The molecule has 1 aromatic heterocycles. The number of nitrogens with zero attached hydrogens (tertiary/aromatic N) is 3. The minimum atomic E-state index is -1.15. The summed E-state index contributed by atoms with van der Waals surface area (Å²) in [6, 6.07) is 9.93. The number of pyridine rings is 1. The van der Waals surface area contributed by atoms with Gasteiger partial charge in [-0.1, -0.05) is 6.07 Å². The first-order chi connectivity index (χ1) is 18.8. The van der Waals surface area contributed by atoms with Gasteiger partial charge in [0.2, 0.25) is 5.91 Å². The molecule has 4 rings (SSSR count). The Balaban J connectivity index is 1.23. The molecule has 0 saturated heterocycles. The number of carbonyl (C=O) groups excluding carboxylic acids is 4. The second kappa shape index (κ2) is 12.5. The molecule has 2 aromatic rings. The second-order valence-corrected chi connectivity index (χ2v) is 10.0. The normalized spacial score (nSPS) is 19.6. The Bertz CT molecular complexity index is 1310. The zero-order chi connectivity index (χ0) is 27.9. The molecule has 3 amide bonds. The van der Waals surface area contributed by atoms with Crippen LogP contribution in [0.4, 0.5) is 5.69 Å². The lowest BCUT2D eigenvalue weighted by Gasteiger charge is -2.32. The number of amides is 3.